The fourth-order valence-corrected chi connectivity index (χ4v) is 4.46. The molecule has 0 aliphatic carbocycles. The number of carbonyl (C=O) groups is 2. The number of amides is 2. The van der Waals surface area contributed by atoms with Crippen molar-refractivity contribution < 1.29 is 18.0 Å². The Hall–Kier alpha value is -2.78. The molecule has 0 spiro atoms. The molecule has 142 valence electrons. The number of benzene rings is 1. The van der Waals surface area contributed by atoms with Crippen molar-refractivity contribution in [2.45, 2.75) is 23.9 Å². The lowest BCUT2D eigenvalue weighted by Gasteiger charge is -2.33. The van der Waals surface area contributed by atoms with Gasteiger partial charge in [-0.1, -0.05) is 24.3 Å². The molecule has 2 heterocycles. The number of hydrogen-bond donors (Lipinski definition) is 2. The molecule has 2 N–H and O–H groups in total. The molecule has 0 bridgehead atoms. The summed E-state index contributed by atoms with van der Waals surface area (Å²) in [5.41, 5.74) is 0.813. The van der Waals surface area contributed by atoms with E-state index >= 15 is 0 Å². The van der Waals surface area contributed by atoms with E-state index in [0.29, 0.717) is 0 Å². The average molecular weight is 388 g/mol. The van der Waals surface area contributed by atoms with Gasteiger partial charge in [0.1, 0.15) is 6.04 Å². The lowest BCUT2D eigenvalue weighted by Crippen LogP contribution is -2.58. The van der Waals surface area contributed by atoms with E-state index in [1.807, 2.05) is 6.07 Å². The van der Waals surface area contributed by atoms with Crippen molar-refractivity contribution >= 4 is 21.8 Å². The molecule has 1 atom stereocenters. The van der Waals surface area contributed by atoms with Crippen LogP contribution in [0, 0.1) is 0 Å². The molecule has 8 nitrogen and oxygen atoms in total. The van der Waals surface area contributed by atoms with Gasteiger partial charge >= 0.3 is 0 Å². The zero-order valence-corrected chi connectivity index (χ0v) is 15.4. The number of sulfonamides is 1. The lowest BCUT2D eigenvalue weighted by molar-refractivity contribution is -0.131. The van der Waals surface area contributed by atoms with E-state index in [1.54, 1.807) is 36.7 Å². The highest BCUT2D eigenvalue weighted by Crippen LogP contribution is 2.21. The van der Waals surface area contributed by atoms with Crippen LogP contribution in [-0.2, 0) is 26.2 Å². The van der Waals surface area contributed by atoms with Crippen molar-refractivity contribution in [1.82, 2.24) is 19.9 Å². The first-order valence-electron chi connectivity index (χ1n) is 8.48. The van der Waals surface area contributed by atoms with Crippen LogP contribution in [0.2, 0.25) is 0 Å². The smallest absolute Gasteiger partial charge is 0.243 e. The molecule has 1 fully saturated rings. The fraction of sp³-hybridized carbons (Fsp3) is 0.278. The highest BCUT2D eigenvalue weighted by molar-refractivity contribution is 7.89. The van der Waals surface area contributed by atoms with Crippen molar-refractivity contribution in [1.29, 1.82) is 0 Å². The zero-order chi connectivity index (χ0) is 19.3. The summed E-state index contributed by atoms with van der Waals surface area (Å²) >= 11 is 0. The predicted octanol–water partition coefficient (Wildman–Crippen LogP) is 0.277. The first-order chi connectivity index (χ1) is 13.0. The first-order valence-corrected chi connectivity index (χ1v) is 9.93. The third-order valence-electron chi connectivity index (χ3n) is 4.22. The van der Waals surface area contributed by atoms with Crippen molar-refractivity contribution in [3.05, 3.63) is 60.4 Å². The normalized spacial score (nSPS) is 17.9. The second-order valence-electron chi connectivity index (χ2n) is 6.08. The fourth-order valence-electron chi connectivity index (χ4n) is 2.85. The summed E-state index contributed by atoms with van der Waals surface area (Å²) in [6, 6.07) is 10.4. The monoisotopic (exact) mass is 388 g/mol. The standard InChI is InChI=1S/C18H20N4O4S/c23-17(21-13-14-5-4-8-19-12-14)11-16-18(24)20-9-10-22(16)27(25,26)15-6-2-1-3-7-15/h1-8,12,16H,9-11,13H2,(H,20,24)(H,21,23)/t16-/m0/s1. The van der Waals surface area contributed by atoms with E-state index in [1.165, 1.54) is 12.1 Å². The zero-order valence-electron chi connectivity index (χ0n) is 14.5. The van der Waals surface area contributed by atoms with Gasteiger partial charge in [-0.25, -0.2) is 8.42 Å². The van der Waals surface area contributed by atoms with Gasteiger partial charge in [-0.2, -0.15) is 4.31 Å². The van der Waals surface area contributed by atoms with E-state index in [0.717, 1.165) is 9.87 Å². The molecule has 27 heavy (non-hydrogen) atoms. The number of nitrogens with zero attached hydrogens (tertiary/aromatic N) is 2. The number of nitrogens with one attached hydrogen (secondary N) is 2. The first kappa shape index (κ1) is 19.0. The summed E-state index contributed by atoms with van der Waals surface area (Å²) in [4.78, 5) is 28.7. The minimum absolute atomic E-state index is 0.0977. The highest BCUT2D eigenvalue weighted by atomic mass is 32.2. The Morgan fingerprint density at radius 2 is 2.00 bits per heavy atom. The molecule has 1 aromatic carbocycles. The van der Waals surface area contributed by atoms with Gasteiger partial charge < -0.3 is 10.6 Å². The summed E-state index contributed by atoms with van der Waals surface area (Å²) in [6.45, 7) is 0.578. The molecule has 0 saturated carbocycles. The number of aromatic nitrogens is 1. The van der Waals surface area contributed by atoms with Crippen LogP contribution in [0.5, 0.6) is 0 Å². The van der Waals surface area contributed by atoms with Crippen LogP contribution in [0.3, 0.4) is 0 Å². The van der Waals surface area contributed by atoms with Crippen molar-refractivity contribution in [3.63, 3.8) is 0 Å². The Balaban J connectivity index is 1.73. The molecule has 0 radical (unpaired) electrons. The average Bonchev–Trinajstić information content (AvgIpc) is 2.69. The number of rotatable bonds is 6. The van der Waals surface area contributed by atoms with E-state index in [9.17, 15) is 18.0 Å². The van der Waals surface area contributed by atoms with Gasteiger partial charge in [0.25, 0.3) is 0 Å². The maximum atomic E-state index is 12.9. The van der Waals surface area contributed by atoms with E-state index in [-0.39, 0.29) is 31.0 Å². The van der Waals surface area contributed by atoms with Crippen LogP contribution in [0.15, 0.2) is 59.8 Å². The summed E-state index contributed by atoms with van der Waals surface area (Å²) in [6.07, 6.45) is 3.00. The molecular weight excluding hydrogens is 368 g/mol. The lowest BCUT2D eigenvalue weighted by atomic mass is 10.1. The molecule has 1 saturated heterocycles. The largest absolute Gasteiger partial charge is 0.353 e. The molecule has 2 amide bonds. The van der Waals surface area contributed by atoms with Crippen molar-refractivity contribution in [2.75, 3.05) is 13.1 Å². The van der Waals surface area contributed by atoms with Crippen molar-refractivity contribution in [3.8, 4) is 0 Å². The van der Waals surface area contributed by atoms with Gasteiger partial charge in [0.05, 0.1) is 11.3 Å². The third-order valence-corrected chi connectivity index (χ3v) is 6.15. The SMILES string of the molecule is O=C(C[C@H]1C(=O)NCCN1S(=O)(=O)c1ccccc1)NCc1cccnc1. The highest BCUT2D eigenvalue weighted by Gasteiger charge is 2.39. The summed E-state index contributed by atoms with van der Waals surface area (Å²) in [5, 5.41) is 5.33. The molecule has 2 aromatic rings. The molecule has 1 aromatic heterocycles. The van der Waals surface area contributed by atoms with Crippen LogP contribution < -0.4 is 10.6 Å². The Morgan fingerprint density at radius 3 is 2.70 bits per heavy atom. The molecule has 9 heteroatoms. The predicted molar refractivity (Wildman–Crippen MR) is 97.8 cm³/mol. The number of hydrogen-bond acceptors (Lipinski definition) is 5. The van der Waals surface area contributed by atoms with Crippen LogP contribution in [-0.4, -0.2) is 48.7 Å². The maximum Gasteiger partial charge on any atom is 0.243 e. The summed E-state index contributed by atoms with van der Waals surface area (Å²) in [7, 11) is -3.87. The Morgan fingerprint density at radius 1 is 1.22 bits per heavy atom. The number of piperazine rings is 1. The number of carbonyl (C=O) groups excluding carboxylic acids is 2. The van der Waals surface area contributed by atoms with Crippen molar-refractivity contribution in [2.24, 2.45) is 0 Å². The quantitative estimate of drug-likeness (QED) is 0.739. The summed E-state index contributed by atoms with van der Waals surface area (Å²) < 4.78 is 26.9. The maximum absolute atomic E-state index is 12.9. The van der Waals surface area contributed by atoms with Gasteiger partial charge in [0, 0.05) is 32.0 Å². The second-order valence-corrected chi connectivity index (χ2v) is 7.97. The molecule has 3 rings (SSSR count). The van der Waals surface area contributed by atoms with Crippen LogP contribution in [0.1, 0.15) is 12.0 Å². The second kappa shape index (κ2) is 8.28. The van der Waals surface area contributed by atoms with Gasteiger partial charge in [-0.05, 0) is 23.8 Å². The number of pyridine rings is 1. The van der Waals surface area contributed by atoms with Gasteiger partial charge in [0.2, 0.25) is 21.8 Å². The van der Waals surface area contributed by atoms with Crippen LogP contribution in [0.4, 0.5) is 0 Å². The van der Waals surface area contributed by atoms with E-state index in [2.05, 4.69) is 15.6 Å². The summed E-state index contributed by atoms with van der Waals surface area (Å²) in [5.74, 6) is -0.883. The Labute approximate surface area is 157 Å². The topological polar surface area (TPSA) is 108 Å². The molecule has 1 aliphatic heterocycles. The Bertz CT molecular complexity index is 903. The Kier molecular flexibility index (Phi) is 5.82. The van der Waals surface area contributed by atoms with Crippen LogP contribution >= 0.6 is 0 Å². The van der Waals surface area contributed by atoms with Crippen LogP contribution in [0.25, 0.3) is 0 Å². The van der Waals surface area contributed by atoms with E-state index in [4.69, 9.17) is 0 Å². The van der Waals surface area contributed by atoms with Gasteiger partial charge in [0.15, 0.2) is 0 Å². The van der Waals surface area contributed by atoms with Gasteiger partial charge in [-0.3, -0.25) is 14.6 Å². The minimum atomic E-state index is -3.87. The molecular formula is C18H20N4O4S. The third kappa shape index (κ3) is 4.50. The molecule has 1 aliphatic rings. The molecule has 0 unspecified atom stereocenters. The van der Waals surface area contributed by atoms with E-state index < -0.39 is 27.9 Å². The minimum Gasteiger partial charge on any atom is -0.353 e. The van der Waals surface area contributed by atoms with Gasteiger partial charge in [-0.15, -0.1) is 0 Å².